The molecule has 0 radical (unpaired) electrons. The Bertz CT molecular complexity index is 1500. The average molecular weight is 463 g/mol. The molecule has 0 spiro atoms. The van der Waals surface area contributed by atoms with E-state index in [9.17, 15) is 23.2 Å². The van der Waals surface area contributed by atoms with Gasteiger partial charge in [0.2, 0.25) is 11.3 Å². The number of halogens is 2. The fraction of sp³-hybridized carbons (Fsp3) is 0.120. The summed E-state index contributed by atoms with van der Waals surface area (Å²) in [6.45, 7) is 1.40. The number of ketones is 1. The van der Waals surface area contributed by atoms with Crippen LogP contribution < -0.4 is 15.5 Å². The number of carbonyl (C=O) groups excluding carboxylic acids is 2. The molecule has 2 aromatic carbocycles. The molecule has 2 aromatic heterocycles. The van der Waals surface area contributed by atoms with E-state index in [1.807, 2.05) is 0 Å². The number of pyridine rings is 2. The molecule has 34 heavy (non-hydrogen) atoms. The van der Waals surface area contributed by atoms with Crippen molar-refractivity contribution in [3.63, 3.8) is 0 Å². The Kier molecular flexibility index (Phi) is 6.18. The summed E-state index contributed by atoms with van der Waals surface area (Å²) >= 11 is 0. The zero-order valence-corrected chi connectivity index (χ0v) is 18.3. The fourth-order valence-corrected chi connectivity index (χ4v) is 3.49. The first kappa shape index (κ1) is 22.8. The number of carbonyl (C=O) groups is 2. The van der Waals surface area contributed by atoms with E-state index in [2.05, 4.69) is 10.3 Å². The molecule has 4 rings (SSSR count). The van der Waals surface area contributed by atoms with Gasteiger partial charge < -0.3 is 14.6 Å². The third-order valence-corrected chi connectivity index (χ3v) is 5.15. The molecule has 1 amide bonds. The zero-order chi connectivity index (χ0) is 24.4. The van der Waals surface area contributed by atoms with E-state index in [1.54, 1.807) is 37.3 Å². The predicted molar refractivity (Wildman–Crippen MR) is 122 cm³/mol. The van der Waals surface area contributed by atoms with Gasteiger partial charge in [0.15, 0.2) is 17.4 Å². The molecule has 7 nitrogen and oxygen atoms in total. The van der Waals surface area contributed by atoms with Gasteiger partial charge in [-0.15, -0.1) is 0 Å². The molecule has 1 N–H and O–H groups in total. The molecule has 0 aliphatic rings. The van der Waals surface area contributed by atoms with E-state index in [-0.39, 0.29) is 34.4 Å². The van der Waals surface area contributed by atoms with E-state index in [1.165, 1.54) is 30.0 Å². The molecule has 0 fully saturated rings. The van der Waals surface area contributed by atoms with Crippen molar-refractivity contribution in [3.8, 4) is 5.75 Å². The summed E-state index contributed by atoms with van der Waals surface area (Å²) in [7, 11) is 1.46. The highest BCUT2D eigenvalue weighted by Crippen LogP contribution is 2.18. The van der Waals surface area contributed by atoms with Crippen molar-refractivity contribution in [1.82, 2.24) is 9.55 Å². The monoisotopic (exact) mass is 463 g/mol. The van der Waals surface area contributed by atoms with Gasteiger partial charge in [0.25, 0.3) is 0 Å². The maximum Gasteiger partial charge on any atom is 0.244 e. The number of methoxy groups -OCH3 is 1. The number of aryl methyl sites for hydroxylation is 1. The van der Waals surface area contributed by atoms with Gasteiger partial charge in [-0.05, 0) is 43.3 Å². The second-order valence-corrected chi connectivity index (χ2v) is 7.56. The fourth-order valence-electron chi connectivity index (χ4n) is 3.49. The highest BCUT2D eigenvalue weighted by atomic mass is 19.2. The molecule has 4 aromatic rings. The maximum absolute atomic E-state index is 13.5. The standard InChI is InChI=1S/C25H19F2N3O4/c1-14-6-8-18-24(33)19(23(32)15-4-3-5-17(10-15)34-2)12-30(25(18)28-14)13-22(31)29-16-7-9-20(26)21(27)11-16/h3-12H,13H2,1-2H3,(H,29,31). The molecule has 0 bridgehead atoms. The van der Waals surface area contributed by atoms with Crippen LogP contribution >= 0.6 is 0 Å². The van der Waals surface area contributed by atoms with Crippen molar-refractivity contribution in [3.05, 3.63) is 99.5 Å². The third kappa shape index (κ3) is 4.54. The van der Waals surface area contributed by atoms with E-state index in [4.69, 9.17) is 4.74 Å². The minimum Gasteiger partial charge on any atom is -0.497 e. The van der Waals surface area contributed by atoms with Crippen LogP contribution in [0.1, 0.15) is 21.6 Å². The average Bonchev–Trinajstić information content (AvgIpc) is 2.82. The van der Waals surface area contributed by atoms with Gasteiger partial charge in [-0.1, -0.05) is 12.1 Å². The van der Waals surface area contributed by atoms with Crippen molar-refractivity contribution < 1.29 is 23.1 Å². The van der Waals surface area contributed by atoms with Crippen LogP contribution in [0.3, 0.4) is 0 Å². The normalized spacial score (nSPS) is 10.8. The second-order valence-electron chi connectivity index (χ2n) is 7.56. The lowest BCUT2D eigenvalue weighted by Crippen LogP contribution is -2.25. The number of rotatable bonds is 6. The molecule has 0 aliphatic heterocycles. The lowest BCUT2D eigenvalue weighted by molar-refractivity contribution is -0.116. The number of nitrogens with one attached hydrogen (secondary N) is 1. The van der Waals surface area contributed by atoms with E-state index < -0.39 is 28.8 Å². The second kappa shape index (κ2) is 9.22. The minimum atomic E-state index is -1.10. The lowest BCUT2D eigenvalue weighted by Gasteiger charge is -2.13. The molecule has 0 aliphatic carbocycles. The van der Waals surface area contributed by atoms with Gasteiger partial charge in [0.1, 0.15) is 17.9 Å². The van der Waals surface area contributed by atoms with Crippen LogP contribution in [0.5, 0.6) is 5.75 Å². The molecule has 0 atom stereocenters. The summed E-state index contributed by atoms with van der Waals surface area (Å²) in [4.78, 5) is 43.3. The molecule has 0 saturated heterocycles. The van der Waals surface area contributed by atoms with Gasteiger partial charge in [-0.2, -0.15) is 0 Å². The highest BCUT2D eigenvalue weighted by molar-refractivity contribution is 6.10. The van der Waals surface area contributed by atoms with Gasteiger partial charge >= 0.3 is 0 Å². The van der Waals surface area contributed by atoms with E-state index in [0.717, 1.165) is 12.1 Å². The van der Waals surface area contributed by atoms with Crippen LogP contribution in [0.4, 0.5) is 14.5 Å². The number of hydrogen-bond donors (Lipinski definition) is 1. The number of aromatic nitrogens is 2. The lowest BCUT2D eigenvalue weighted by atomic mass is 10.0. The summed E-state index contributed by atoms with van der Waals surface area (Å²) in [5, 5.41) is 2.64. The van der Waals surface area contributed by atoms with Gasteiger partial charge in [0, 0.05) is 29.2 Å². The molecular weight excluding hydrogens is 444 g/mol. The van der Waals surface area contributed by atoms with Gasteiger partial charge in [-0.3, -0.25) is 14.4 Å². The summed E-state index contributed by atoms with van der Waals surface area (Å²) in [5.41, 5.74) is 0.459. The van der Waals surface area contributed by atoms with E-state index in [0.29, 0.717) is 11.4 Å². The van der Waals surface area contributed by atoms with Gasteiger partial charge in [0.05, 0.1) is 18.1 Å². The number of ether oxygens (including phenoxy) is 1. The molecule has 172 valence electrons. The van der Waals surface area contributed by atoms with Gasteiger partial charge in [-0.25, -0.2) is 13.8 Å². The predicted octanol–water partition coefficient (Wildman–Crippen LogP) is 3.86. The molecule has 0 saturated carbocycles. The molecule has 9 heteroatoms. The Morgan fingerprint density at radius 2 is 1.85 bits per heavy atom. The smallest absolute Gasteiger partial charge is 0.244 e. The first-order chi connectivity index (χ1) is 16.3. The molecule has 2 heterocycles. The number of anilines is 1. The first-order valence-electron chi connectivity index (χ1n) is 10.2. The van der Waals surface area contributed by atoms with E-state index >= 15 is 0 Å². The first-order valence-corrected chi connectivity index (χ1v) is 10.2. The Labute approximate surface area is 192 Å². The molecular formula is C25H19F2N3O4. The topological polar surface area (TPSA) is 90.3 Å². The Morgan fingerprint density at radius 3 is 2.59 bits per heavy atom. The third-order valence-electron chi connectivity index (χ3n) is 5.15. The van der Waals surface area contributed by atoms with Crippen molar-refractivity contribution in [2.45, 2.75) is 13.5 Å². The number of benzene rings is 2. The summed E-state index contributed by atoms with van der Waals surface area (Å²) in [5.74, 6) is -2.81. The number of amides is 1. The van der Waals surface area contributed by atoms with Crippen LogP contribution in [-0.2, 0) is 11.3 Å². The van der Waals surface area contributed by atoms with Crippen molar-refractivity contribution >= 4 is 28.4 Å². The summed E-state index contributed by atoms with van der Waals surface area (Å²) in [6.07, 6.45) is 1.28. The Balaban J connectivity index is 1.75. The summed E-state index contributed by atoms with van der Waals surface area (Å²) in [6, 6.07) is 12.5. The van der Waals surface area contributed by atoms with Crippen molar-refractivity contribution in [1.29, 1.82) is 0 Å². The van der Waals surface area contributed by atoms with Crippen molar-refractivity contribution in [2.24, 2.45) is 0 Å². The van der Waals surface area contributed by atoms with Crippen molar-refractivity contribution in [2.75, 3.05) is 12.4 Å². The number of hydrogen-bond acceptors (Lipinski definition) is 5. The largest absolute Gasteiger partial charge is 0.497 e. The SMILES string of the molecule is COc1cccc(C(=O)c2cn(CC(=O)Nc3ccc(F)c(F)c3)c3nc(C)ccc3c2=O)c1. The van der Waals surface area contributed by atoms with Crippen LogP contribution in [0.25, 0.3) is 11.0 Å². The highest BCUT2D eigenvalue weighted by Gasteiger charge is 2.19. The zero-order valence-electron chi connectivity index (χ0n) is 18.3. The number of fused-ring (bicyclic) bond motifs is 1. The maximum atomic E-state index is 13.5. The molecule has 0 unspecified atom stereocenters. The number of nitrogens with zero attached hydrogens (tertiary/aromatic N) is 2. The summed E-state index contributed by atoms with van der Waals surface area (Å²) < 4.78 is 33.2. The minimum absolute atomic E-state index is 0.0612. The quantitative estimate of drug-likeness (QED) is 0.439. The van der Waals surface area contributed by atoms with Crippen LogP contribution in [0, 0.1) is 18.6 Å². The van der Waals surface area contributed by atoms with Crippen LogP contribution in [0.2, 0.25) is 0 Å². The van der Waals surface area contributed by atoms with Crippen LogP contribution in [0.15, 0.2) is 65.6 Å². The van der Waals surface area contributed by atoms with Crippen LogP contribution in [-0.4, -0.2) is 28.4 Å². The Hall–Kier alpha value is -4.40. The Morgan fingerprint density at radius 1 is 1.06 bits per heavy atom.